The quantitative estimate of drug-likeness (QED) is 0.801. The highest BCUT2D eigenvalue weighted by Gasteiger charge is 2.07. The molecule has 0 aliphatic rings. The molecule has 0 fully saturated rings. The molecule has 0 atom stereocenters. The SMILES string of the molecule is COc1ccc(-n2c(C)cnc2SC)cc1.Cl. The number of hydrogen-bond acceptors (Lipinski definition) is 3. The van der Waals surface area contributed by atoms with Gasteiger partial charge in [0.15, 0.2) is 5.16 Å². The minimum absolute atomic E-state index is 0. The highest BCUT2D eigenvalue weighted by atomic mass is 35.5. The Morgan fingerprint density at radius 3 is 2.41 bits per heavy atom. The van der Waals surface area contributed by atoms with Gasteiger partial charge in [0.25, 0.3) is 0 Å². The predicted molar refractivity (Wildman–Crippen MR) is 73.9 cm³/mol. The van der Waals surface area contributed by atoms with Gasteiger partial charge in [0.05, 0.1) is 7.11 Å². The van der Waals surface area contributed by atoms with Crippen LogP contribution in [0.4, 0.5) is 0 Å². The topological polar surface area (TPSA) is 27.1 Å². The molecule has 1 heterocycles. The van der Waals surface area contributed by atoms with E-state index in [1.165, 1.54) is 0 Å². The van der Waals surface area contributed by atoms with E-state index in [1.807, 2.05) is 36.7 Å². The van der Waals surface area contributed by atoms with Crippen LogP contribution in [-0.2, 0) is 0 Å². The van der Waals surface area contributed by atoms with E-state index >= 15 is 0 Å². The first-order chi connectivity index (χ1) is 7.76. The number of hydrogen-bond donors (Lipinski definition) is 0. The molecule has 17 heavy (non-hydrogen) atoms. The van der Waals surface area contributed by atoms with Crippen molar-refractivity contribution in [3.63, 3.8) is 0 Å². The van der Waals surface area contributed by atoms with Crippen LogP contribution in [0.1, 0.15) is 5.69 Å². The summed E-state index contributed by atoms with van der Waals surface area (Å²) in [5.41, 5.74) is 2.25. The fourth-order valence-electron chi connectivity index (χ4n) is 1.60. The first kappa shape index (κ1) is 13.9. The number of rotatable bonds is 3. The Morgan fingerprint density at radius 1 is 1.24 bits per heavy atom. The second-order valence-corrected chi connectivity index (χ2v) is 4.19. The molecule has 0 saturated carbocycles. The molecule has 0 radical (unpaired) electrons. The van der Waals surface area contributed by atoms with Crippen molar-refractivity contribution >= 4 is 24.2 Å². The van der Waals surface area contributed by atoms with E-state index in [1.54, 1.807) is 18.9 Å². The number of imidazole rings is 1. The Balaban J connectivity index is 0.00000144. The lowest BCUT2D eigenvalue weighted by Gasteiger charge is -2.09. The Morgan fingerprint density at radius 2 is 1.88 bits per heavy atom. The molecule has 0 N–H and O–H groups in total. The maximum Gasteiger partial charge on any atom is 0.172 e. The van der Waals surface area contributed by atoms with Gasteiger partial charge in [0.1, 0.15) is 5.75 Å². The summed E-state index contributed by atoms with van der Waals surface area (Å²) in [7, 11) is 1.67. The van der Waals surface area contributed by atoms with Gasteiger partial charge in [0.2, 0.25) is 0 Å². The molecular weight excluding hydrogens is 256 g/mol. The summed E-state index contributed by atoms with van der Waals surface area (Å²) in [6.07, 6.45) is 3.91. The van der Waals surface area contributed by atoms with Crippen molar-refractivity contribution in [1.29, 1.82) is 0 Å². The van der Waals surface area contributed by atoms with Gasteiger partial charge in [-0.2, -0.15) is 0 Å². The average Bonchev–Trinajstić information content (AvgIpc) is 2.70. The Labute approximate surface area is 112 Å². The molecule has 0 aliphatic carbocycles. The van der Waals surface area contributed by atoms with Crippen molar-refractivity contribution in [2.45, 2.75) is 12.1 Å². The molecule has 5 heteroatoms. The second-order valence-electron chi connectivity index (χ2n) is 3.42. The Bertz CT molecular complexity index is 482. The van der Waals surface area contributed by atoms with Gasteiger partial charge < -0.3 is 4.74 Å². The summed E-state index contributed by atoms with van der Waals surface area (Å²) >= 11 is 1.64. The lowest BCUT2D eigenvalue weighted by Crippen LogP contribution is -1.98. The predicted octanol–water partition coefficient (Wildman–Crippen LogP) is 3.33. The highest BCUT2D eigenvalue weighted by Crippen LogP contribution is 2.22. The number of ether oxygens (including phenoxy) is 1. The average molecular weight is 271 g/mol. The maximum absolute atomic E-state index is 5.14. The summed E-state index contributed by atoms with van der Waals surface area (Å²) in [5.74, 6) is 0.868. The smallest absolute Gasteiger partial charge is 0.172 e. The van der Waals surface area contributed by atoms with Crippen LogP contribution in [0.3, 0.4) is 0 Å². The fourth-order valence-corrected chi connectivity index (χ4v) is 2.19. The summed E-state index contributed by atoms with van der Waals surface area (Å²) < 4.78 is 7.27. The molecule has 0 spiro atoms. The van der Waals surface area contributed by atoms with Gasteiger partial charge in [-0.05, 0) is 37.4 Å². The van der Waals surface area contributed by atoms with Gasteiger partial charge in [-0.25, -0.2) is 4.98 Å². The number of aryl methyl sites for hydroxylation is 1. The lowest BCUT2D eigenvalue weighted by atomic mass is 10.3. The van der Waals surface area contributed by atoms with Crippen molar-refractivity contribution < 1.29 is 4.74 Å². The van der Waals surface area contributed by atoms with Crippen LogP contribution < -0.4 is 4.74 Å². The number of halogens is 1. The van der Waals surface area contributed by atoms with E-state index in [0.29, 0.717) is 0 Å². The molecule has 0 amide bonds. The normalized spacial score (nSPS) is 9.82. The summed E-state index contributed by atoms with van der Waals surface area (Å²) in [6.45, 7) is 2.05. The molecule has 92 valence electrons. The summed E-state index contributed by atoms with van der Waals surface area (Å²) in [6, 6.07) is 7.98. The Kier molecular flexibility index (Phi) is 4.90. The molecule has 0 aliphatic heterocycles. The zero-order valence-corrected chi connectivity index (χ0v) is 11.6. The van der Waals surface area contributed by atoms with Crippen molar-refractivity contribution in [2.24, 2.45) is 0 Å². The number of methoxy groups -OCH3 is 1. The van der Waals surface area contributed by atoms with Crippen LogP contribution in [0.5, 0.6) is 5.75 Å². The third kappa shape index (κ3) is 2.76. The molecule has 2 aromatic rings. The van der Waals surface area contributed by atoms with Crippen molar-refractivity contribution in [3.05, 3.63) is 36.2 Å². The van der Waals surface area contributed by atoms with Crippen LogP contribution in [-0.4, -0.2) is 22.9 Å². The van der Waals surface area contributed by atoms with Crippen LogP contribution in [0.2, 0.25) is 0 Å². The second kappa shape index (κ2) is 5.98. The zero-order chi connectivity index (χ0) is 11.5. The monoisotopic (exact) mass is 270 g/mol. The van der Waals surface area contributed by atoms with Gasteiger partial charge >= 0.3 is 0 Å². The molecule has 0 unspecified atom stereocenters. The molecule has 3 nitrogen and oxygen atoms in total. The van der Waals surface area contributed by atoms with Gasteiger partial charge in [0, 0.05) is 17.6 Å². The third-order valence-corrected chi connectivity index (χ3v) is 3.07. The van der Waals surface area contributed by atoms with Crippen molar-refractivity contribution in [3.8, 4) is 11.4 Å². The fraction of sp³-hybridized carbons (Fsp3) is 0.250. The lowest BCUT2D eigenvalue weighted by molar-refractivity contribution is 0.414. The van der Waals surface area contributed by atoms with Gasteiger partial charge in [-0.15, -0.1) is 12.4 Å². The Hall–Kier alpha value is -1.13. The number of nitrogens with zero attached hydrogens (tertiary/aromatic N) is 2. The molecule has 0 saturated heterocycles. The van der Waals surface area contributed by atoms with E-state index in [9.17, 15) is 0 Å². The zero-order valence-electron chi connectivity index (χ0n) is 10.0. The first-order valence-electron chi connectivity index (χ1n) is 4.99. The van der Waals surface area contributed by atoms with Crippen LogP contribution >= 0.6 is 24.2 Å². The molecular formula is C12H15ClN2OS. The van der Waals surface area contributed by atoms with Crippen LogP contribution in [0, 0.1) is 6.92 Å². The van der Waals surface area contributed by atoms with Gasteiger partial charge in [-0.1, -0.05) is 11.8 Å². The summed E-state index contributed by atoms with van der Waals surface area (Å²) in [5, 5.41) is 1.00. The third-order valence-electron chi connectivity index (χ3n) is 2.42. The van der Waals surface area contributed by atoms with Crippen molar-refractivity contribution in [1.82, 2.24) is 9.55 Å². The number of thioether (sulfide) groups is 1. The van der Waals surface area contributed by atoms with E-state index in [0.717, 1.165) is 22.3 Å². The largest absolute Gasteiger partial charge is 0.497 e. The van der Waals surface area contributed by atoms with E-state index in [2.05, 4.69) is 16.5 Å². The van der Waals surface area contributed by atoms with E-state index in [4.69, 9.17) is 4.74 Å². The molecule has 1 aromatic heterocycles. The van der Waals surface area contributed by atoms with Crippen LogP contribution in [0.25, 0.3) is 5.69 Å². The molecule has 2 rings (SSSR count). The maximum atomic E-state index is 5.14. The van der Waals surface area contributed by atoms with Crippen LogP contribution in [0.15, 0.2) is 35.6 Å². The molecule has 1 aromatic carbocycles. The van der Waals surface area contributed by atoms with E-state index in [-0.39, 0.29) is 12.4 Å². The minimum Gasteiger partial charge on any atom is -0.497 e. The number of benzene rings is 1. The summed E-state index contributed by atoms with van der Waals surface area (Å²) in [4.78, 5) is 4.35. The highest BCUT2D eigenvalue weighted by molar-refractivity contribution is 7.98. The van der Waals surface area contributed by atoms with E-state index < -0.39 is 0 Å². The number of aromatic nitrogens is 2. The first-order valence-corrected chi connectivity index (χ1v) is 6.21. The standard InChI is InChI=1S/C12H14N2OS.ClH/c1-9-8-13-12(16-3)14(9)10-4-6-11(15-2)7-5-10;/h4-8H,1-3H3;1H. The van der Waals surface area contributed by atoms with Gasteiger partial charge in [-0.3, -0.25) is 4.57 Å². The minimum atomic E-state index is 0. The molecule has 0 bridgehead atoms. The van der Waals surface area contributed by atoms with Crippen molar-refractivity contribution in [2.75, 3.05) is 13.4 Å².